The van der Waals surface area contributed by atoms with E-state index in [1.54, 1.807) is 6.26 Å². The van der Waals surface area contributed by atoms with Gasteiger partial charge in [0.05, 0.1) is 5.69 Å². The predicted octanol–water partition coefficient (Wildman–Crippen LogP) is 2.52. The molecule has 2 heterocycles. The largest absolute Gasteiger partial charge is 0.444 e. The third-order valence-electron chi connectivity index (χ3n) is 3.83. The first kappa shape index (κ1) is 13.3. The lowest BCUT2D eigenvalue weighted by atomic mass is 10.1. The fourth-order valence-corrected chi connectivity index (χ4v) is 2.62. The lowest BCUT2D eigenvalue weighted by Crippen LogP contribution is -2.53. The van der Waals surface area contributed by atoms with E-state index >= 15 is 0 Å². The summed E-state index contributed by atoms with van der Waals surface area (Å²) >= 11 is 0. The summed E-state index contributed by atoms with van der Waals surface area (Å²) in [4.78, 5) is 7.06. The average molecular weight is 271 g/mol. The quantitative estimate of drug-likeness (QED) is 0.931. The second-order valence-corrected chi connectivity index (χ2v) is 5.60. The maximum absolute atomic E-state index is 5.60. The zero-order valence-corrected chi connectivity index (χ0v) is 12.0. The molecule has 0 bridgehead atoms. The van der Waals surface area contributed by atoms with Crippen molar-refractivity contribution in [2.24, 2.45) is 0 Å². The van der Waals surface area contributed by atoms with Crippen LogP contribution in [-0.4, -0.2) is 35.1 Å². The molecule has 2 atom stereocenters. The van der Waals surface area contributed by atoms with Crippen molar-refractivity contribution in [2.45, 2.75) is 32.5 Å². The molecule has 0 saturated carbocycles. The molecule has 2 unspecified atom stereocenters. The topological polar surface area (TPSA) is 41.3 Å². The maximum atomic E-state index is 5.60. The van der Waals surface area contributed by atoms with Crippen LogP contribution in [0.1, 0.15) is 19.5 Å². The highest BCUT2D eigenvalue weighted by Crippen LogP contribution is 2.19. The minimum Gasteiger partial charge on any atom is -0.444 e. The molecule has 0 spiro atoms. The van der Waals surface area contributed by atoms with Crippen LogP contribution in [0.5, 0.6) is 0 Å². The van der Waals surface area contributed by atoms with Gasteiger partial charge >= 0.3 is 0 Å². The van der Waals surface area contributed by atoms with E-state index in [9.17, 15) is 0 Å². The molecule has 1 aliphatic heterocycles. The Kier molecular flexibility index (Phi) is 3.85. The van der Waals surface area contributed by atoms with Gasteiger partial charge in [-0.2, -0.15) is 0 Å². The molecular formula is C16H21N3O. The van der Waals surface area contributed by atoms with Crippen molar-refractivity contribution < 1.29 is 4.42 Å². The van der Waals surface area contributed by atoms with Crippen LogP contribution < -0.4 is 5.32 Å². The Bertz CT molecular complexity index is 552. The van der Waals surface area contributed by atoms with Crippen LogP contribution in [0.15, 0.2) is 41.0 Å². The predicted molar refractivity (Wildman–Crippen MR) is 79.3 cm³/mol. The van der Waals surface area contributed by atoms with Crippen LogP contribution in [0.4, 0.5) is 0 Å². The molecule has 0 aliphatic carbocycles. The average Bonchev–Trinajstić information content (AvgIpc) is 2.92. The summed E-state index contributed by atoms with van der Waals surface area (Å²) in [5.41, 5.74) is 2.03. The summed E-state index contributed by atoms with van der Waals surface area (Å²) in [7, 11) is 0. The highest BCUT2D eigenvalue weighted by molar-refractivity contribution is 5.52. The fraction of sp³-hybridized carbons (Fsp3) is 0.438. The smallest absolute Gasteiger partial charge is 0.226 e. The van der Waals surface area contributed by atoms with E-state index in [0.29, 0.717) is 18.0 Å². The second-order valence-electron chi connectivity index (χ2n) is 5.60. The zero-order chi connectivity index (χ0) is 13.9. The van der Waals surface area contributed by atoms with Gasteiger partial charge in [-0.1, -0.05) is 18.2 Å². The summed E-state index contributed by atoms with van der Waals surface area (Å²) in [6.07, 6.45) is 1.78. The molecule has 1 aromatic carbocycles. The third-order valence-corrected chi connectivity index (χ3v) is 3.83. The maximum Gasteiger partial charge on any atom is 0.226 e. The van der Waals surface area contributed by atoms with Gasteiger partial charge in [0.25, 0.3) is 0 Å². The first-order valence-electron chi connectivity index (χ1n) is 7.19. The third kappa shape index (κ3) is 2.92. The molecule has 106 valence electrons. The Morgan fingerprint density at radius 3 is 2.90 bits per heavy atom. The minimum absolute atomic E-state index is 0.531. The van der Waals surface area contributed by atoms with Crippen LogP contribution in [0, 0.1) is 0 Å². The number of nitrogens with one attached hydrogen (secondary N) is 1. The van der Waals surface area contributed by atoms with Gasteiger partial charge in [0.2, 0.25) is 5.89 Å². The first-order valence-corrected chi connectivity index (χ1v) is 7.19. The highest BCUT2D eigenvalue weighted by atomic mass is 16.3. The SMILES string of the molecule is CC1CN(Cc2coc(-c3ccccc3)n2)C(C)CN1. The second kappa shape index (κ2) is 5.77. The minimum atomic E-state index is 0.531. The summed E-state index contributed by atoms with van der Waals surface area (Å²) in [6, 6.07) is 11.1. The van der Waals surface area contributed by atoms with Gasteiger partial charge < -0.3 is 9.73 Å². The summed E-state index contributed by atoms with van der Waals surface area (Å²) in [5, 5.41) is 3.49. The number of piperazine rings is 1. The zero-order valence-electron chi connectivity index (χ0n) is 12.0. The number of benzene rings is 1. The van der Waals surface area contributed by atoms with Crippen LogP contribution in [0.2, 0.25) is 0 Å². The van der Waals surface area contributed by atoms with Crippen LogP contribution in [-0.2, 0) is 6.54 Å². The van der Waals surface area contributed by atoms with Crippen molar-refractivity contribution in [1.82, 2.24) is 15.2 Å². The lowest BCUT2D eigenvalue weighted by Gasteiger charge is -2.36. The van der Waals surface area contributed by atoms with Crippen molar-refractivity contribution in [3.05, 3.63) is 42.3 Å². The van der Waals surface area contributed by atoms with E-state index in [4.69, 9.17) is 4.42 Å². The van der Waals surface area contributed by atoms with Crippen molar-refractivity contribution in [3.8, 4) is 11.5 Å². The Hall–Kier alpha value is -1.65. The molecule has 1 fully saturated rings. The van der Waals surface area contributed by atoms with E-state index in [-0.39, 0.29) is 0 Å². The molecule has 1 N–H and O–H groups in total. The molecule has 1 saturated heterocycles. The van der Waals surface area contributed by atoms with E-state index in [1.165, 1.54) is 0 Å². The molecule has 3 rings (SSSR count). The molecule has 0 radical (unpaired) electrons. The number of hydrogen-bond acceptors (Lipinski definition) is 4. The fourth-order valence-electron chi connectivity index (χ4n) is 2.62. The van der Waals surface area contributed by atoms with Gasteiger partial charge in [-0.25, -0.2) is 4.98 Å². The number of oxazole rings is 1. The normalized spacial score (nSPS) is 23.9. The Labute approximate surface area is 119 Å². The highest BCUT2D eigenvalue weighted by Gasteiger charge is 2.23. The van der Waals surface area contributed by atoms with Crippen LogP contribution in [0.25, 0.3) is 11.5 Å². The lowest BCUT2D eigenvalue weighted by molar-refractivity contribution is 0.137. The Morgan fingerprint density at radius 1 is 1.30 bits per heavy atom. The molecule has 0 amide bonds. The van der Waals surface area contributed by atoms with Gasteiger partial charge in [0.15, 0.2) is 0 Å². The Morgan fingerprint density at radius 2 is 2.10 bits per heavy atom. The van der Waals surface area contributed by atoms with Crippen molar-refractivity contribution in [3.63, 3.8) is 0 Å². The standard InChI is InChI=1S/C16H21N3O/c1-12-9-19(13(2)8-17-12)10-15-11-20-16(18-15)14-6-4-3-5-7-14/h3-7,11-13,17H,8-10H2,1-2H3. The van der Waals surface area contributed by atoms with Crippen molar-refractivity contribution in [2.75, 3.05) is 13.1 Å². The number of rotatable bonds is 3. The molecule has 4 heteroatoms. The molecule has 2 aromatic rings. The number of aromatic nitrogens is 1. The molecule has 4 nitrogen and oxygen atoms in total. The van der Waals surface area contributed by atoms with E-state index in [0.717, 1.165) is 30.9 Å². The van der Waals surface area contributed by atoms with Gasteiger partial charge in [-0.15, -0.1) is 0 Å². The summed E-state index contributed by atoms with van der Waals surface area (Å²) in [5.74, 6) is 0.705. The number of hydrogen-bond donors (Lipinski definition) is 1. The molecular weight excluding hydrogens is 250 g/mol. The van der Waals surface area contributed by atoms with E-state index in [1.807, 2.05) is 30.3 Å². The van der Waals surface area contributed by atoms with Gasteiger partial charge in [-0.05, 0) is 26.0 Å². The Balaban J connectivity index is 1.71. The van der Waals surface area contributed by atoms with Crippen molar-refractivity contribution in [1.29, 1.82) is 0 Å². The monoisotopic (exact) mass is 271 g/mol. The van der Waals surface area contributed by atoms with Gasteiger partial charge in [0, 0.05) is 37.3 Å². The van der Waals surface area contributed by atoms with Gasteiger partial charge in [-0.3, -0.25) is 4.90 Å². The summed E-state index contributed by atoms with van der Waals surface area (Å²) < 4.78 is 5.60. The molecule has 20 heavy (non-hydrogen) atoms. The van der Waals surface area contributed by atoms with Gasteiger partial charge in [0.1, 0.15) is 6.26 Å². The number of nitrogens with zero attached hydrogens (tertiary/aromatic N) is 2. The summed E-state index contributed by atoms with van der Waals surface area (Å²) in [6.45, 7) is 7.40. The van der Waals surface area contributed by atoms with Crippen molar-refractivity contribution >= 4 is 0 Å². The van der Waals surface area contributed by atoms with E-state index < -0.39 is 0 Å². The molecule has 1 aromatic heterocycles. The first-order chi connectivity index (χ1) is 9.72. The van der Waals surface area contributed by atoms with Crippen LogP contribution in [0.3, 0.4) is 0 Å². The molecule has 1 aliphatic rings. The van der Waals surface area contributed by atoms with E-state index in [2.05, 4.69) is 29.0 Å². The van der Waals surface area contributed by atoms with Crippen LogP contribution >= 0.6 is 0 Å².